The summed E-state index contributed by atoms with van der Waals surface area (Å²) >= 11 is 3.23. The number of hydrogen-bond acceptors (Lipinski definition) is 4. The first-order valence-corrected chi connectivity index (χ1v) is 8.93. The Balaban J connectivity index is 1.67. The molecule has 22 heavy (non-hydrogen) atoms. The SMILES string of the molecule is CCc1ccccc1NC(=O)Cc1csc(-c2ccsc2)n1. The number of nitrogens with one attached hydrogen (secondary N) is 1. The summed E-state index contributed by atoms with van der Waals surface area (Å²) in [5.74, 6) is -0.0249. The van der Waals surface area contributed by atoms with Crippen molar-refractivity contribution in [3.63, 3.8) is 0 Å². The highest BCUT2D eigenvalue weighted by Crippen LogP contribution is 2.26. The fourth-order valence-electron chi connectivity index (χ4n) is 2.22. The van der Waals surface area contributed by atoms with Gasteiger partial charge in [0, 0.05) is 22.0 Å². The number of thiazole rings is 1. The molecule has 0 aliphatic rings. The number of thiophene rings is 1. The summed E-state index contributed by atoms with van der Waals surface area (Å²) in [4.78, 5) is 16.7. The normalized spacial score (nSPS) is 10.6. The molecule has 0 unspecified atom stereocenters. The summed E-state index contributed by atoms with van der Waals surface area (Å²) in [6.07, 6.45) is 1.20. The number of aryl methyl sites for hydroxylation is 1. The van der Waals surface area contributed by atoms with Gasteiger partial charge in [-0.15, -0.1) is 11.3 Å². The van der Waals surface area contributed by atoms with Crippen LogP contribution in [0.15, 0.2) is 46.5 Å². The van der Waals surface area contributed by atoms with Crippen LogP contribution in [0.25, 0.3) is 10.6 Å². The van der Waals surface area contributed by atoms with Crippen molar-refractivity contribution >= 4 is 34.3 Å². The maximum Gasteiger partial charge on any atom is 0.230 e. The minimum atomic E-state index is -0.0249. The molecule has 2 aromatic heterocycles. The van der Waals surface area contributed by atoms with Gasteiger partial charge < -0.3 is 5.32 Å². The number of anilines is 1. The molecule has 0 saturated heterocycles. The third-order valence-corrected chi connectivity index (χ3v) is 4.96. The third-order valence-electron chi connectivity index (χ3n) is 3.33. The Hall–Kier alpha value is -1.98. The van der Waals surface area contributed by atoms with Crippen molar-refractivity contribution in [1.82, 2.24) is 4.98 Å². The van der Waals surface area contributed by atoms with E-state index in [1.807, 2.05) is 41.1 Å². The molecule has 112 valence electrons. The standard InChI is InChI=1S/C17H16N2OS2/c1-2-12-5-3-4-6-15(12)19-16(20)9-14-11-22-17(18-14)13-7-8-21-10-13/h3-8,10-11H,2,9H2,1H3,(H,19,20). The molecule has 1 amide bonds. The molecule has 0 radical (unpaired) electrons. The monoisotopic (exact) mass is 328 g/mol. The number of para-hydroxylation sites is 1. The number of rotatable bonds is 5. The van der Waals surface area contributed by atoms with Gasteiger partial charge in [-0.25, -0.2) is 4.98 Å². The Bertz CT molecular complexity index is 763. The molecule has 3 aromatic rings. The summed E-state index contributed by atoms with van der Waals surface area (Å²) in [5, 5.41) is 10.0. The molecule has 0 fully saturated rings. The average molecular weight is 328 g/mol. The van der Waals surface area contributed by atoms with Gasteiger partial charge in [-0.05, 0) is 29.5 Å². The third kappa shape index (κ3) is 3.43. The molecular formula is C17H16N2OS2. The largest absolute Gasteiger partial charge is 0.325 e. The fourth-order valence-corrected chi connectivity index (χ4v) is 3.75. The van der Waals surface area contributed by atoms with Crippen LogP contribution >= 0.6 is 22.7 Å². The highest BCUT2D eigenvalue weighted by atomic mass is 32.1. The summed E-state index contributed by atoms with van der Waals surface area (Å²) in [6.45, 7) is 2.08. The van der Waals surface area contributed by atoms with Crippen LogP contribution < -0.4 is 5.32 Å². The first-order valence-electron chi connectivity index (χ1n) is 7.11. The van der Waals surface area contributed by atoms with Crippen LogP contribution in [0.2, 0.25) is 0 Å². The van der Waals surface area contributed by atoms with Gasteiger partial charge in [0.1, 0.15) is 5.01 Å². The van der Waals surface area contributed by atoms with Crippen molar-refractivity contribution in [2.75, 3.05) is 5.32 Å². The van der Waals surface area contributed by atoms with E-state index < -0.39 is 0 Å². The molecule has 0 aliphatic heterocycles. The van der Waals surface area contributed by atoms with E-state index in [0.717, 1.165) is 33.9 Å². The maximum atomic E-state index is 12.2. The van der Waals surface area contributed by atoms with Crippen LogP contribution in [0.3, 0.4) is 0 Å². The first-order chi connectivity index (χ1) is 10.8. The second kappa shape index (κ2) is 6.85. The van der Waals surface area contributed by atoms with Crippen molar-refractivity contribution in [3.05, 3.63) is 57.7 Å². The van der Waals surface area contributed by atoms with Crippen molar-refractivity contribution in [1.29, 1.82) is 0 Å². The van der Waals surface area contributed by atoms with Crippen LogP contribution in [-0.2, 0) is 17.6 Å². The van der Waals surface area contributed by atoms with Crippen LogP contribution in [0, 0.1) is 0 Å². The zero-order chi connectivity index (χ0) is 15.4. The second-order valence-electron chi connectivity index (χ2n) is 4.89. The van der Waals surface area contributed by atoms with Crippen LogP contribution in [-0.4, -0.2) is 10.9 Å². The zero-order valence-corrected chi connectivity index (χ0v) is 13.8. The van der Waals surface area contributed by atoms with E-state index >= 15 is 0 Å². The van der Waals surface area contributed by atoms with E-state index in [4.69, 9.17) is 0 Å². The van der Waals surface area contributed by atoms with E-state index in [1.54, 1.807) is 22.7 Å². The number of hydrogen-bond donors (Lipinski definition) is 1. The van der Waals surface area contributed by atoms with Crippen molar-refractivity contribution in [2.45, 2.75) is 19.8 Å². The van der Waals surface area contributed by atoms with Gasteiger partial charge in [-0.3, -0.25) is 4.79 Å². The molecule has 5 heteroatoms. The Morgan fingerprint density at radius 3 is 2.86 bits per heavy atom. The lowest BCUT2D eigenvalue weighted by Crippen LogP contribution is -2.15. The number of carbonyl (C=O) groups excluding carboxylic acids is 1. The lowest BCUT2D eigenvalue weighted by atomic mass is 10.1. The predicted octanol–water partition coefficient (Wildman–Crippen LogP) is 4.62. The lowest BCUT2D eigenvalue weighted by Gasteiger charge is -2.08. The van der Waals surface area contributed by atoms with Crippen molar-refractivity contribution in [2.24, 2.45) is 0 Å². The van der Waals surface area contributed by atoms with Crippen LogP contribution in [0.4, 0.5) is 5.69 Å². The zero-order valence-electron chi connectivity index (χ0n) is 12.2. The van der Waals surface area contributed by atoms with E-state index in [0.29, 0.717) is 6.42 Å². The predicted molar refractivity (Wildman–Crippen MR) is 93.6 cm³/mol. The number of nitrogens with zero attached hydrogens (tertiary/aromatic N) is 1. The molecular weight excluding hydrogens is 312 g/mol. The Morgan fingerprint density at radius 1 is 1.23 bits per heavy atom. The number of benzene rings is 1. The Kier molecular flexibility index (Phi) is 4.65. The van der Waals surface area contributed by atoms with Crippen molar-refractivity contribution < 1.29 is 4.79 Å². The average Bonchev–Trinajstić information content (AvgIpc) is 3.18. The molecule has 0 aliphatic carbocycles. The smallest absolute Gasteiger partial charge is 0.230 e. The van der Waals surface area contributed by atoms with Gasteiger partial charge >= 0.3 is 0 Å². The molecule has 3 rings (SSSR count). The summed E-state index contributed by atoms with van der Waals surface area (Å²) in [5.41, 5.74) is 3.98. The van der Waals surface area contributed by atoms with Crippen LogP contribution in [0.5, 0.6) is 0 Å². The molecule has 0 bridgehead atoms. The highest BCUT2D eigenvalue weighted by molar-refractivity contribution is 7.14. The topological polar surface area (TPSA) is 42.0 Å². The molecule has 2 heterocycles. The first kappa shape index (κ1) is 14.9. The second-order valence-corrected chi connectivity index (χ2v) is 6.53. The number of amides is 1. The van der Waals surface area contributed by atoms with Gasteiger partial charge in [0.15, 0.2) is 0 Å². The molecule has 0 spiro atoms. The van der Waals surface area contributed by atoms with Gasteiger partial charge in [0.25, 0.3) is 0 Å². The minimum Gasteiger partial charge on any atom is -0.325 e. The lowest BCUT2D eigenvalue weighted by molar-refractivity contribution is -0.115. The molecule has 1 aromatic carbocycles. The van der Waals surface area contributed by atoms with E-state index in [2.05, 4.69) is 22.6 Å². The Morgan fingerprint density at radius 2 is 2.09 bits per heavy atom. The molecule has 0 saturated carbocycles. The van der Waals surface area contributed by atoms with Gasteiger partial charge in [0.2, 0.25) is 5.91 Å². The number of aromatic nitrogens is 1. The fraction of sp³-hybridized carbons (Fsp3) is 0.176. The van der Waals surface area contributed by atoms with Gasteiger partial charge in [0.05, 0.1) is 12.1 Å². The quantitative estimate of drug-likeness (QED) is 0.743. The maximum absolute atomic E-state index is 12.2. The summed E-state index contributed by atoms with van der Waals surface area (Å²) in [7, 11) is 0. The summed E-state index contributed by atoms with van der Waals surface area (Å²) < 4.78 is 0. The van der Waals surface area contributed by atoms with E-state index in [1.165, 1.54) is 0 Å². The van der Waals surface area contributed by atoms with Crippen LogP contribution in [0.1, 0.15) is 18.2 Å². The van der Waals surface area contributed by atoms with Crippen molar-refractivity contribution in [3.8, 4) is 10.6 Å². The number of carbonyl (C=O) groups is 1. The molecule has 3 nitrogen and oxygen atoms in total. The summed E-state index contributed by atoms with van der Waals surface area (Å²) in [6, 6.07) is 9.95. The molecule has 0 atom stereocenters. The Labute approximate surface area is 137 Å². The molecule has 1 N–H and O–H groups in total. The minimum absolute atomic E-state index is 0.0249. The van der Waals surface area contributed by atoms with Gasteiger partial charge in [-0.2, -0.15) is 11.3 Å². The van der Waals surface area contributed by atoms with E-state index in [-0.39, 0.29) is 5.91 Å². The van der Waals surface area contributed by atoms with Gasteiger partial charge in [-0.1, -0.05) is 25.1 Å². The highest BCUT2D eigenvalue weighted by Gasteiger charge is 2.10. The van der Waals surface area contributed by atoms with E-state index in [9.17, 15) is 4.79 Å².